The zero-order valence-electron chi connectivity index (χ0n) is 5.89. The molecule has 0 bridgehead atoms. The highest BCUT2D eigenvalue weighted by atomic mass is 35.5. The lowest BCUT2D eigenvalue weighted by Crippen LogP contribution is -1.87. The second-order valence-corrected chi connectivity index (χ2v) is 3.01. The van der Waals surface area contributed by atoms with Gasteiger partial charge in [-0.15, -0.1) is 11.6 Å². The number of halogens is 3. The van der Waals surface area contributed by atoms with Crippen LogP contribution in [0.5, 0.6) is 0 Å². The molecule has 62 valence electrons. The van der Waals surface area contributed by atoms with Crippen LogP contribution in [0.15, 0.2) is 18.2 Å². The molecule has 1 aromatic rings. The largest absolute Gasteiger partial charge is 0.205 e. The van der Waals surface area contributed by atoms with E-state index in [2.05, 4.69) is 0 Å². The average molecular weight is 204 g/mol. The molecule has 0 spiro atoms. The fourth-order valence-electron chi connectivity index (χ4n) is 0.745. The van der Waals surface area contributed by atoms with Gasteiger partial charge in [0.1, 0.15) is 11.2 Å². The van der Waals surface area contributed by atoms with Gasteiger partial charge in [-0.3, -0.25) is 0 Å². The molecule has 1 nitrogen and oxygen atoms in total. The molecular weight excluding hydrogens is 200 g/mol. The summed E-state index contributed by atoms with van der Waals surface area (Å²) in [6.45, 7) is 0. The molecule has 0 fully saturated rings. The van der Waals surface area contributed by atoms with Crippen molar-refractivity contribution in [3.8, 4) is 6.07 Å². The molecule has 1 unspecified atom stereocenters. The lowest BCUT2D eigenvalue weighted by Gasteiger charge is -2.01. The third kappa shape index (κ3) is 1.88. The normalized spacial score (nSPS) is 12.2. The molecule has 0 aliphatic carbocycles. The van der Waals surface area contributed by atoms with Crippen LogP contribution in [0.1, 0.15) is 10.9 Å². The van der Waals surface area contributed by atoms with Gasteiger partial charge in [0.25, 0.3) is 0 Å². The quantitative estimate of drug-likeness (QED) is 0.644. The molecule has 0 aliphatic heterocycles. The van der Waals surface area contributed by atoms with E-state index in [9.17, 15) is 4.39 Å². The average Bonchev–Trinajstić information content (AvgIpc) is 2.08. The first-order chi connectivity index (χ1) is 5.65. The first kappa shape index (κ1) is 9.31. The van der Waals surface area contributed by atoms with Crippen LogP contribution in [-0.2, 0) is 0 Å². The van der Waals surface area contributed by atoms with Crippen LogP contribution >= 0.6 is 23.2 Å². The predicted molar refractivity (Wildman–Crippen MR) is 45.6 cm³/mol. The summed E-state index contributed by atoms with van der Waals surface area (Å²) in [5.41, 5.74) is 0.505. The molecule has 0 heterocycles. The summed E-state index contributed by atoms with van der Waals surface area (Å²) in [5.74, 6) is -0.512. The molecule has 0 aliphatic rings. The standard InChI is InChI=1S/C8H4Cl2FN/c9-6-3-5(7(10)4-12)1-2-8(6)11/h1-3,7H. The molecule has 0 amide bonds. The van der Waals surface area contributed by atoms with Crippen LogP contribution < -0.4 is 0 Å². The third-order valence-corrected chi connectivity index (χ3v) is 1.99. The maximum Gasteiger partial charge on any atom is 0.145 e. The molecule has 1 aromatic carbocycles. The van der Waals surface area contributed by atoms with Crippen molar-refractivity contribution in [1.82, 2.24) is 0 Å². The summed E-state index contributed by atoms with van der Waals surface area (Å²) in [7, 11) is 0. The van der Waals surface area contributed by atoms with E-state index in [1.54, 1.807) is 0 Å². The molecule has 0 radical (unpaired) electrons. The van der Waals surface area contributed by atoms with Gasteiger partial charge in [-0.2, -0.15) is 5.26 Å². The predicted octanol–water partition coefficient (Wildman–Crippen LogP) is 3.28. The highest BCUT2D eigenvalue weighted by Gasteiger charge is 2.08. The number of nitriles is 1. The van der Waals surface area contributed by atoms with Crippen molar-refractivity contribution in [2.75, 3.05) is 0 Å². The number of benzene rings is 1. The van der Waals surface area contributed by atoms with Crippen molar-refractivity contribution >= 4 is 23.2 Å². The zero-order valence-corrected chi connectivity index (χ0v) is 7.40. The van der Waals surface area contributed by atoms with Gasteiger partial charge in [0.05, 0.1) is 11.1 Å². The van der Waals surface area contributed by atoms with Crippen molar-refractivity contribution < 1.29 is 4.39 Å². The highest BCUT2D eigenvalue weighted by Crippen LogP contribution is 2.24. The second-order valence-electron chi connectivity index (χ2n) is 2.17. The lowest BCUT2D eigenvalue weighted by molar-refractivity contribution is 0.627. The Hall–Kier alpha value is -0.780. The fraction of sp³-hybridized carbons (Fsp3) is 0.125. The van der Waals surface area contributed by atoms with E-state index in [0.717, 1.165) is 0 Å². The molecule has 1 atom stereocenters. The molecule has 0 N–H and O–H groups in total. The minimum atomic E-state index is -0.775. The van der Waals surface area contributed by atoms with E-state index in [4.69, 9.17) is 28.5 Å². The molecular formula is C8H4Cl2FN. The topological polar surface area (TPSA) is 23.8 Å². The first-order valence-electron chi connectivity index (χ1n) is 3.14. The van der Waals surface area contributed by atoms with E-state index >= 15 is 0 Å². The minimum absolute atomic E-state index is 0.0200. The Bertz CT molecular complexity index is 332. The van der Waals surface area contributed by atoms with Crippen LogP contribution in [-0.4, -0.2) is 0 Å². The summed E-state index contributed by atoms with van der Waals surface area (Å²) in [6, 6.07) is 5.77. The number of nitrogens with zero attached hydrogens (tertiary/aromatic N) is 1. The van der Waals surface area contributed by atoms with E-state index in [1.807, 2.05) is 6.07 Å². The highest BCUT2D eigenvalue weighted by molar-refractivity contribution is 6.31. The van der Waals surface area contributed by atoms with Crippen LogP contribution in [0.25, 0.3) is 0 Å². The van der Waals surface area contributed by atoms with Crippen molar-refractivity contribution in [2.45, 2.75) is 5.38 Å². The van der Waals surface area contributed by atoms with Crippen molar-refractivity contribution in [3.63, 3.8) is 0 Å². The van der Waals surface area contributed by atoms with Gasteiger partial charge in [0.2, 0.25) is 0 Å². The number of hydrogen-bond acceptors (Lipinski definition) is 1. The maximum absolute atomic E-state index is 12.6. The Labute approximate surface area is 79.3 Å². The number of rotatable bonds is 1. The van der Waals surface area contributed by atoms with Gasteiger partial charge < -0.3 is 0 Å². The Morgan fingerprint density at radius 2 is 2.17 bits per heavy atom. The van der Waals surface area contributed by atoms with Gasteiger partial charge in [0.15, 0.2) is 0 Å². The molecule has 0 aromatic heterocycles. The molecule has 0 saturated carbocycles. The number of hydrogen-bond donors (Lipinski definition) is 0. The summed E-state index contributed by atoms with van der Waals surface area (Å²) >= 11 is 11.0. The van der Waals surface area contributed by atoms with Gasteiger partial charge in [-0.25, -0.2) is 4.39 Å². The van der Waals surface area contributed by atoms with Crippen LogP contribution in [0.3, 0.4) is 0 Å². The van der Waals surface area contributed by atoms with Crippen LogP contribution in [0, 0.1) is 17.1 Å². The monoisotopic (exact) mass is 203 g/mol. The third-order valence-electron chi connectivity index (χ3n) is 1.35. The molecule has 0 saturated heterocycles. The van der Waals surface area contributed by atoms with Crippen molar-refractivity contribution in [2.24, 2.45) is 0 Å². The smallest absolute Gasteiger partial charge is 0.145 e. The Kier molecular flexibility index (Phi) is 2.91. The Morgan fingerprint density at radius 1 is 1.50 bits per heavy atom. The number of alkyl halides is 1. The first-order valence-corrected chi connectivity index (χ1v) is 3.95. The molecule has 4 heteroatoms. The Morgan fingerprint density at radius 3 is 2.67 bits per heavy atom. The van der Waals surface area contributed by atoms with E-state index in [0.29, 0.717) is 5.56 Å². The summed E-state index contributed by atoms with van der Waals surface area (Å²) in [6.07, 6.45) is 0. The van der Waals surface area contributed by atoms with Crippen molar-refractivity contribution in [3.05, 3.63) is 34.6 Å². The second kappa shape index (κ2) is 3.75. The van der Waals surface area contributed by atoms with Crippen molar-refractivity contribution in [1.29, 1.82) is 5.26 Å². The molecule has 1 rings (SSSR count). The fourth-order valence-corrected chi connectivity index (χ4v) is 1.07. The Balaban J connectivity index is 3.06. The summed E-state index contributed by atoms with van der Waals surface area (Å²) < 4.78 is 12.6. The zero-order chi connectivity index (χ0) is 9.14. The van der Waals surface area contributed by atoms with E-state index in [-0.39, 0.29) is 5.02 Å². The summed E-state index contributed by atoms with van der Waals surface area (Å²) in [5, 5.41) is 7.63. The van der Waals surface area contributed by atoms with Gasteiger partial charge in [0, 0.05) is 0 Å². The SMILES string of the molecule is N#CC(Cl)c1ccc(F)c(Cl)c1. The van der Waals surface area contributed by atoms with Gasteiger partial charge in [-0.1, -0.05) is 17.7 Å². The molecule has 12 heavy (non-hydrogen) atoms. The van der Waals surface area contributed by atoms with Gasteiger partial charge in [-0.05, 0) is 17.7 Å². The lowest BCUT2D eigenvalue weighted by atomic mass is 10.1. The summed E-state index contributed by atoms with van der Waals surface area (Å²) in [4.78, 5) is 0. The maximum atomic E-state index is 12.6. The van der Waals surface area contributed by atoms with Crippen LogP contribution in [0.2, 0.25) is 5.02 Å². The van der Waals surface area contributed by atoms with E-state index in [1.165, 1.54) is 18.2 Å². The van der Waals surface area contributed by atoms with E-state index < -0.39 is 11.2 Å². The minimum Gasteiger partial charge on any atom is -0.205 e. The van der Waals surface area contributed by atoms with Gasteiger partial charge >= 0.3 is 0 Å². The van der Waals surface area contributed by atoms with Crippen LogP contribution in [0.4, 0.5) is 4.39 Å².